The molecule has 1 heterocycles. The number of aromatic amines is 1. The molecule has 0 aliphatic carbocycles. The SMILES string of the molecule is CCCCOc1ccc(-c2[nH]ncc2C(=O)NCc2cccc(C(F)(F)F)c2)cc1. The average molecular weight is 417 g/mol. The first-order chi connectivity index (χ1) is 14.4. The van der Waals surface area contributed by atoms with Crippen molar-refractivity contribution in [3.8, 4) is 17.0 Å². The minimum atomic E-state index is -4.43. The van der Waals surface area contributed by atoms with Crippen LogP contribution < -0.4 is 10.1 Å². The number of halogens is 3. The highest BCUT2D eigenvalue weighted by Gasteiger charge is 2.30. The van der Waals surface area contributed by atoms with E-state index in [2.05, 4.69) is 22.4 Å². The second-order valence-corrected chi connectivity index (χ2v) is 6.77. The van der Waals surface area contributed by atoms with Gasteiger partial charge in [-0.2, -0.15) is 18.3 Å². The molecule has 3 aromatic rings. The Morgan fingerprint density at radius 2 is 1.93 bits per heavy atom. The first kappa shape index (κ1) is 21.4. The Kier molecular flexibility index (Phi) is 6.76. The van der Waals surface area contributed by atoms with E-state index in [1.165, 1.54) is 18.3 Å². The molecule has 2 aromatic carbocycles. The molecule has 0 aliphatic heterocycles. The lowest BCUT2D eigenvalue weighted by molar-refractivity contribution is -0.137. The fourth-order valence-corrected chi connectivity index (χ4v) is 2.87. The summed E-state index contributed by atoms with van der Waals surface area (Å²) in [6.45, 7) is 2.70. The van der Waals surface area contributed by atoms with Crippen LogP contribution in [0.1, 0.15) is 41.3 Å². The molecule has 0 radical (unpaired) electrons. The van der Waals surface area contributed by atoms with Crippen molar-refractivity contribution in [3.05, 3.63) is 71.4 Å². The quantitative estimate of drug-likeness (QED) is 0.495. The third-order valence-electron chi connectivity index (χ3n) is 4.50. The number of aromatic nitrogens is 2. The van der Waals surface area contributed by atoms with Gasteiger partial charge >= 0.3 is 6.18 Å². The molecule has 0 spiro atoms. The topological polar surface area (TPSA) is 67.0 Å². The van der Waals surface area contributed by atoms with Crippen LogP contribution in [0.15, 0.2) is 54.7 Å². The van der Waals surface area contributed by atoms with Crippen molar-refractivity contribution in [2.75, 3.05) is 6.61 Å². The van der Waals surface area contributed by atoms with E-state index in [1.807, 2.05) is 24.3 Å². The van der Waals surface area contributed by atoms with Crippen LogP contribution in [0, 0.1) is 0 Å². The number of benzene rings is 2. The van der Waals surface area contributed by atoms with E-state index in [-0.39, 0.29) is 6.54 Å². The number of hydrogen-bond acceptors (Lipinski definition) is 3. The standard InChI is InChI=1S/C22H22F3N3O2/c1-2-3-11-30-18-9-7-16(8-10-18)20-19(14-27-28-20)21(29)26-13-15-5-4-6-17(12-15)22(23,24)25/h4-10,12,14H,2-3,11,13H2,1H3,(H,26,29)(H,27,28). The van der Waals surface area contributed by atoms with Gasteiger partial charge in [-0.15, -0.1) is 0 Å². The lowest BCUT2D eigenvalue weighted by Crippen LogP contribution is -2.23. The summed E-state index contributed by atoms with van der Waals surface area (Å²) in [6.07, 6.45) is -1.02. The zero-order valence-corrected chi connectivity index (χ0v) is 16.4. The Morgan fingerprint density at radius 1 is 1.17 bits per heavy atom. The monoisotopic (exact) mass is 417 g/mol. The second-order valence-electron chi connectivity index (χ2n) is 6.77. The van der Waals surface area contributed by atoms with Crippen LogP contribution in [0.4, 0.5) is 13.2 Å². The molecule has 8 heteroatoms. The molecule has 0 unspecified atom stereocenters. The van der Waals surface area contributed by atoms with E-state index in [0.717, 1.165) is 36.3 Å². The van der Waals surface area contributed by atoms with Crippen LogP contribution in [-0.4, -0.2) is 22.7 Å². The number of unbranched alkanes of at least 4 members (excludes halogenated alkanes) is 1. The summed E-state index contributed by atoms with van der Waals surface area (Å²) in [5.74, 6) is 0.307. The van der Waals surface area contributed by atoms with Crippen LogP contribution >= 0.6 is 0 Å². The van der Waals surface area contributed by atoms with Gasteiger partial charge in [0.25, 0.3) is 5.91 Å². The number of H-pyrrole nitrogens is 1. The number of nitrogens with zero attached hydrogens (tertiary/aromatic N) is 1. The van der Waals surface area contributed by atoms with E-state index in [1.54, 1.807) is 0 Å². The summed E-state index contributed by atoms with van der Waals surface area (Å²) in [5, 5.41) is 9.38. The van der Waals surface area contributed by atoms with Gasteiger partial charge in [0, 0.05) is 12.1 Å². The summed E-state index contributed by atoms with van der Waals surface area (Å²) in [6, 6.07) is 12.1. The molecule has 0 aliphatic rings. The van der Waals surface area contributed by atoms with Crippen LogP contribution in [0.3, 0.4) is 0 Å². The van der Waals surface area contributed by atoms with Gasteiger partial charge in [-0.3, -0.25) is 9.89 Å². The summed E-state index contributed by atoms with van der Waals surface area (Å²) < 4.78 is 44.1. The maximum Gasteiger partial charge on any atom is 0.416 e. The predicted molar refractivity (Wildman–Crippen MR) is 107 cm³/mol. The molecule has 1 amide bonds. The normalized spacial score (nSPS) is 11.3. The zero-order chi connectivity index (χ0) is 21.6. The zero-order valence-electron chi connectivity index (χ0n) is 16.4. The van der Waals surface area contributed by atoms with Gasteiger partial charge in [0.15, 0.2) is 0 Å². The van der Waals surface area contributed by atoms with E-state index < -0.39 is 17.6 Å². The van der Waals surface area contributed by atoms with Crippen molar-refractivity contribution in [1.29, 1.82) is 0 Å². The third kappa shape index (κ3) is 5.40. The minimum Gasteiger partial charge on any atom is -0.494 e. The van der Waals surface area contributed by atoms with Gasteiger partial charge in [-0.25, -0.2) is 0 Å². The van der Waals surface area contributed by atoms with Crippen LogP contribution in [-0.2, 0) is 12.7 Å². The lowest BCUT2D eigenvalue weighted by Gasteiger charge is -2.10. The molecule has 3 rings (SSSR count). The van der Waals surface area contributed by atoms with Crippen LogP contribution in [0.2, 0.25) is 0 Å². The molecule has 0 fully saturated rings. The van der Waals surface area contributed by atoms with Crippen molar-refractivity contribution in [1.82, 2.24) is 15.5 Å². The first-order valence-corrected chi connectivity index (χ1v) is 9.59. The molecule has 1 aromatic heterocycles. The van der Waals surface area contributed by atoms with Gasteiger partial charge in [0.2, 0.25) is 0 Å². The maximum absolute atomic E-state index is 12.8. The molecular formula is C22H22F3N3O2. The molecule has 30 heavy (non-hydrogen) atoms. The van der Waals surface area contributed by atoms with Crippen LogP contribution in [0.5, 0.6) is 5.75 Å². The molecule has 0 saturated heterocycles. The molecule has 5 nitrogen and oxygen atoms in total. The van der Waals surface area contributed by atoms with E-state index in [9.17, 15) is 18.0 Å². The molecule has 0 saturated carbocycles. The van der Waals surface area contributed by atoms with Crippen molar-refractivity contribution in [3.63, 3.8) is 0 Å². The number of nitrogens with one attached hydrogen (secondary N) is 2. The lowest BCUT2D eigenvalue weighted by atomic mass is 10.1. The summed E-state index contributed by atoms with van der Waals surface area (Å²) in [7, 11) is 0. The van der Waals surface area contributed by atoms with E-state index in [4.69, 9.17) is 4.74 Å². The smallest absolute Gasteiger partial charge is 0.416 e. The summed E-state index contributed by atoms with van der Waals surface area (Å²) in [5.41, 5.74) is 1.19. The number of carbonyl (C=O) groups excluding carboxylic acids is 1. The van der Waals surface area contributed by atoms with Crippen LogP contribution in [0.25, 0.3) is 11.3 Å². The predicted octanol–water partition coefficient (Wildman–Crippen LogP) is 5.20. The van der Waals surface area contributed by atoms with Crippen molar-refractivity contribution >= 4 is 5.91 Å². The third-order valence-corrected chi connectivity index (χ3v) is 4.50. The summed E-state index contributed by atoms with van der Waals surface area (Å²) in [4.78, 5) is 12.6. The van der Waals surface area contributed by atoms with Gasteiger partial charge in [-0.1, -0.05) is 25.5 Å². The Balaban J connectivity index is 1.67. The number of carbonyl (C=O) groups is 1. The fraction of sp³-hybridized carbons (Fsp3) is 0.273. The highest BCUT2D eigenvalue weighted by molar-refractivity contribution is 5.99. The molecular weight excluding hydrogens is 395 g/mol. The number of amides is 1. The minimum absolute atomic E-state index is 0.0302. The van der Waals surface area contributed by atoms with E-state index in [0.29, 0.717) is 23.4 Å². The number of alkyl halides is 3. The fourth-order valence-electron chi connectivity index (χ4n) is 2.87. The van der Waals surface area contributed by atoms with Crippen molar-refractivity contribution < 1.29 is 22.7 Å². The van der Waals surface area contributed by atoms with Crippen molar-refractivity contribution in [2.24, 2.45) is 0 Å². The highest BCUT2D eigenvalue weighted by atomic mass is 19.4. The average Bonchev–Trinajstić information content (AvgIpc) is 3.22. The van der Waals surface area contributed by atoms with Gasteiger partial charge in [0.05, 0.1) is 29.6 Å². The molecule has 158 valence electrons. The second kappa shape index (κ2) is 9.47. The van der Waals surface area contributed by atoms with Crippen molar-refractivity contribution in [2.45, 2.75) is 32.5 Å². The van der Waals surface area contributed by atoms with Gasteiger partial charge in [-0.05, 0) is 48.4 Å². The molecule has 0 bridgehead atoms. The summed E-state index contributed by atoms with van der Waals surface area (Å²) >= 11 is 0. The Morgan fingerprint density at radius 3 is 2.63 bits per heavy atom. The molecule has 2 N–H and O–H groups in total. The van der Waals surface area contributed by atoms with Gasteiger partial charge in [0.1, 0.15) is 5.75 Å². The number of ether oxygens (including phenoxy) is 1. The van der Waals surface area contributed by atoms with E-state index >= 15 is 0 Å². The largest absolute Gasteiger partial charge is 0.494 e. The number of rotatable bonds is 8. The first-order valence-electron chi connectivity index (χ1n) is 9.59. The molecule has 0 atom stereocenters. The Bertz CT molecular complexity index is 982. The highest BCUT2D eigenvalue weighted by Crippen LogP contribution is 2.29. The van der Waals surface area contributed by atoms with Gasteiger partial charge < -0.3 is 10.1 Å². The Labute approximate surface area is 172 Å². The number of hydrogen-bond donors (Lipinski definition) is 2. The Hall–Kier alpha value is -3.29. The maximum atomic E-state index is 12.8.